The molecule has 0 radical (unpaired) electrons. The van der Waals surface area contributed by atoms with Crippen LogP contribution < -0.4 is 20.7 Å². The SMILES string of the molecule is CCNC(=NCC(C)(C)C(=O)NC)NCCC(C)c1ccc(OC)cc1.I. The summed E-state index contributed by atoms with van der Waals surface area (Å²) in [6.45, 7) is 10.0. The Hall–Kier alpha value is -1.51. The first-order chi connectivity index (χ1) is 12.3. The van der Waals surface area contributed by atoms with Crippen molar-refractivity contribution in [1.29, 1.82) is 0 Å². The van der Waals surface area contributed by atoms with Gasteiger partial charge in [0, 0.05) is 20.1 Å². The Morgan fingerprint density at radius 2 is 1.85 bits per heavy atom. The molecule has 1 unspecified atom stereocenters. The molecule has 0 heterocycles. The van der Waals surface area contributed by atoms with Crippen molar-refractivity contribution in [1.82, 2.24) is 16.0 Å². The number of carbonyl (C=O) groups excluding carboxylic acids is 1. The Morgan fingerprint density at radius 3 is 2.37 bits per heavy atom. The predicted molar refractivity (Wildman–Crippen MR) is 123 cm³/mol. The second-order valence-corrected chi connectivity index (χ2v) is 7.05. The fraction of sp³-hybridized carbons (Fsp3) is 0.600. The first kappa shape index (κ1) is 25.5. The van der Waals surface area contributed by atoms with Gasteiger partial charge in [-0.15, -0.1) is 24.0 Å². The number of amides is 1. The highest BCUT2D eigenvalue weighted by Crippen LogP contribution is 2.21. The zero-order chi connectivity index (χ0) is 19.6. The predicted octanol–water partition coefficient (Wildman–Crippen LogP) is 3.13. The van der Waals surface area contributed by atoms with E-state index in [-0.39, 0.29) is 29.9 Å². The molecule has 0 saturated heterocycles. The van der Waals surface area contributed by atoms with E-state index in [4.69, 9.17) is 4.74 Å². The van der Waals surface area contributed by atoms with Gasteiger partial charge in [-0.2, -0.15) is 0 Å². The lowest BCUT2D eigenvalue weighted by Crippen LogP contribution is -2.41. The van der Waals surface area contributed by atoms with Crippen LogP contribution in [0.25, 0.3) is 0 Å². The van der Waals surface area contributed by atoms with E-state index in [0.717, 1.165) is 31.2 Å². The van der Waals surface area contributed by atoms with Crippen LogP contribution in [0.4, 0.5) is 0 Å². The molecule has 0 aliphatic heterocycles. The Morgan fingerprint density at radius 1 is 1.22 bits per heavy atom. The summed E-state index contributed by atoms with van der Waals surface area (Å²) >= 11 is 0. The lowest BCUT2D eigenvalue weighted by molar-refractivity contribution is -0.128. The first-order valence-corrected chi connectivity index (χ1v) is 9.22. The van der Waals surface area contributed by atoms with Crippen LogP contribution in [-0.4, -0.2) is 45.7 Å². The third-order valence-electron chi connectivity index (χ3n) is 4.37. The Balaban J connectivity index is 0.00000676. The van der Waals surface area contributed by atoms with Gasteiger partial charge in [-0.25, -0.2) is 0 Å². The number of hydrogen-bond acceptors (Lipinski definition) is 3. The third-order valence-corrected chi connectivity index (χ3v) is 4.37. The summed E-state index contributed by atoms with van der Waals surface area (Å²) in [5, 5.41) is 9.27. The molecule has 154 valence electrons. The average molecular weight is 490 g/mol. The van der Waals surface area contributed by atoms with E-state index in [0.29, 0.717) is 12.5 Å². The minimum absolute atomic E-state index is 0. The van der Waals surface area contributed by atoms with Crippen LogP contribution in [0.5, 0.6) is 5.75 Å². The van der Waals surface area contributed by atoms with E-state index in [9.17, 15) is 4.79 Å². The molecular weight excluding hydrogens is 455 g/mol. The first-order valence-electron chi connectivity index (χ1n) is 9.22. The van der Waals surface area contributed by atoms with Crippen LogP contribution >= 0.6 is 24.0 Å². The number of halogens is 1. The van der Waals surface area contributed by atoms with E-state index in [2.05, 4.69) is 40.0 Å². The standard InChI is InChI=1S/C20H34N4O2.HI/c1-7-22-19(24-14-20(3,4)18(25)21-5)23-13-12-15(2)16-8-10-17(26-6)11-9-16;/h8-11,15H,7,12-14H2,1-6H3,(H,21,25)(H2,22,23,24);1H. The van der Waals surface area contributed by atoms with Gasteiger partial charge in [0.2, 0.25) is 5.91 Å². The monoisotopic (exact) mass is 490 g/mol. The number of carbonyl (C=O) groups is 1. The van der Waals surface area contributed by atoms with Gasteiger partial charge in [0.25, 0.3) is 0 Å². The Kier molecular flexibility index (Phi) is 12.1. The fourth-order valence-corrected chi connectivity index (χ4v) is 2.53. The van der Waals surface area contributed by atoms with Crippen LogP contribution in [0.2, 0.25) is 0 Å². The molecule has 6 nitrogen and oxygen atoms in total. The van der Waals surface area contributed by atoms with Crippen LogP contribution in [-0.2, 0) is 4.79 Å². The highest BCUT2D eigenvalue weighted by Gasteiger charge is 2.26. The van der Waals surface area contributed by atoms with Gasteiger partial charge in [-0.05, 0) is 50.8 Å². The molecule has 0 aliphatic rings. The molecule has 1 amide bonds. The maximum absolute atomic E-state index is 11.9. The maximum atomic E-state index is 11.9. The van der Waals surface area contributed by atoms with Gasteiger partial charge >= 0.3 is 0 Å². The molecule has 1 atom stereocenters. The zero-order valence-corrected chi connectivity index (χ0v) is 19.7. The summed E-state index contributed by atoms with van der Waals surface area (Å²) in [5.41, 5.74) is 0.753. The number of aliphatic imine (C=N–C) groups is 1. The molecule has 3 N–H and O–H groups in total. The second kappa shape index (κ2) is 12.8. The van der Waals surface area contributed by atoms with E-state index >= 15 is 0 Å². The van der Waals surface area contributed by atoms with Crippen molar-refractivity contribution in [2.75, 3.05) is 33.8 Å². The fourth-order valence-electron chi connectivity index (χ4n) is 2.53. The molecule has 7 heteroatoms. The van der Waals surface area contributed by atoms with Crippen molar-refractivity contribution in [3.63, 3.8) is 0 Å². The Bertz CT molecular complexity index is 588. The minimum Gasteiger partial charge on any atom is -0.497 e. The highest BCUT2D eigenvalue weighted by atomic mass is 127. The third kappa shape index (κ3) is 8.81. The van der Waals surface area contributed by atoms with E-state index in [1.165, 1.54) is 5.56 Å². The maximum Gasteiger partial charge on any atom is 0.227 e. The largest absolute Gasteiger partial charge is 0.497 e. The molecule has 1 aromatic carbocycles. The summed E-state index contributed by atoms with van der Waals surface area (Å²) in [6, 6.07) is 8.20. The Labute approximate surface area is 181 Å². The van der Waals surface area contributed by atoms with Gasteiger partial charge in [0.15, 0.2) is 5.96 Å². The van der Waals surface area contributed by atoms with Gasteiger partial charge in [0.1, 0.15) is 5.75 Å². The molecule has 0 fully saturated rings. The lowest BCUT2D eigenvalue weighted by Gasteiger charge is -2.21. The molecule has 0 saturated carbocycles. The normalized spacial score (nSPS) is 12.6. The lowest BCUT2D eigenvalue weighted by atomic mass is 9.93. The summed E-state index contributed by atoms with van der Waals surface area (Å²) in [4.78, 5) is 16.4. The van der Waals surface area contributed by atoms with Gasteiger partial charge in [0.05, 0.1) is 19.1 Å². The van der Waals surface area contributed by atoms with Crippen LogP contribution in [0.3, 0.4) is 0 Å². The average Bonchev–Trinajstić information content (AvgIpc) is 2.65. The summed E-state index contributed by atoms with van der Waals surface area (Å²) in [5.74, 6) is 2.04. The summed E-state index contributed by atoms with van der Waals surface area (Å²) in [6.07, 6.45) is 0.982. The second-order valence-electron chi connectivity index (χ2n) is 7.05. The number of benzene rings is 1. The van der Waals surface area contributed by atoms with E-state index in [1.807, 2.05) is 32.9 Å². The molecular formula is C20H35IN4O2. The molecule has 0 aliphatic carbocycles. The molecule has 0 bridgehead atoms. The smallest absolute Gasteiger partial charge is 0.227 e. The number of nitrogens with zero attached hydrogens (tertiary/aromatic N) is 1. The zero-order valence-electron chi connectivity index (χ0n) is 17.4. The number of ether oxygens (including phenoxy) is 1. The van der Waals surface area contributed by atoms with Crippen molar-refractivity contribution in [3.05, 3.63) is 29.8 Å². The summed E-state index contributed by atoms with van der Waals surface area (Å²) < 4.78 is 5.20. The number of hydrogen-bond donors (Lipinski definition) is 3. The van der Waals surface area contributed by atoms with Crippen molar-refractivity contribution in [3.8, 4) is 5.75 Å². The number of rotatable bonds is 9. The minimum atomic E-state index is -0.534. The molecule has 27 heavy (non-hydrogen) atoms. The van der Waals surface area contributed by atoms with Gasteiger partial charge < -0.3 is 20.7 Å². The van der Waals surface area contributed by atoms with Crippen molar-refractivity contribution >= 4 is 35.8 Å². The van der Waals surface area contributed by atoms with E-state index < -0.39 is 5.41 Å². The van der Waals surface area contributed by atoms with E-state index in [1.54, 1.807) is 14.2 Å². The van der Waals surface area contributed by atoms with Crippen LogP contribution in [0.1, 0.15) is 45.6 Å². The summed E-state index contributed by atoms with van der Waals surface area (Å²) in [7, 11) is 3.33. The van der Waals surface area contributed by atoms with Crippen molar-refractivity contribution < 1.29 is 9.53 Å². The number of guanidine groups is 1. The molecule has 1 aromatic rings. The quantitative estimate of drug-likeness (QED) is 0.283. The van der Waals surface area contributed by atoms with Gasteiger partial charge in [-0.3, -0.25) is 9.79 Å². The number of methoxy groups -OCH3 is 1. The van der Waals surface area contributed by atoms with Crippen LogP contribution in [0.15, 0.2) is 29.3 Å². The number of nitrogens with one attached hydrogen (secondary N) is 3. The van der Waals surface area contributed by atoms with Gasteiger partial charge in [-0.1, -0.05) is 19.1 Å². The molecule has 0 spiro atoms. The van der Waals surface area contributed by atoms with Crippen molar-refractivity contribution in [2.45, 2.75) is 40.0 Å². The van der Waals surface area contributed by atoms with Crippen molar-refractivity contribution in [2.24, 2.45) is 10.4 Å². The van der Waals surface area contributed by atoms with Crippen LogP contribution in [0, 0.1) is 5.41 Å². The molecule has 0 aromatic heterocycles. The highest BCUT2D eigenvalue weighted by molar-refractivity contribution is 14.0. The molecule has 1 rings (SSSR count). The topological polar surface area (TPSA) is 74.8 Å².